The van der Waals surface area contributed by atoms with Gasteiger partial charge in [-0.2, -0.15) is 0 Å². The highest BCUT2D eigenvalue weighted by molar-refractivity contribution is 6.15. The normalized spacial score (nSPS) is 15.4. The Hall–Kier alpha value is -5.08. The summed E-state index contributed by atoms with van der Waals surface area (Å²) in [6.07, 6.45) is 0. The average Bonchev–Trinajstić information content (AvgIpc) is 3.67. The Morgan fingerprint density at radius 2 is 0.981 bits per heavy atom. The molecule has 1 aromatic heterocycles. The summed E-state index contributed by atoms with van der Waals surface area (Å²) in [6.45, 7) is 23.3. The van der Waals surface area contributed by atoms with E-state index >= 15 is 0 Å². The van der Waals surface area contributed by atoms with Crippen molar-refractivity contribution < 1.29 is 4.42 Å². The van der Waals surface area contributed by atoms with Crippen LogP contribution in [0.3, 0.4) is 0 Å². The monoisotopic (exact) mass is 679 g/mol. The van der Waals surface area contributed by atoms with E-state index in [-0.39, 0.29) is 21.7 Å². The molecule has 0 radical (unpaired) electrons. The first-order chi connectivity index (χ1) is 24.6. The van der Waals surface area contributed by atoms with Crippen molar-refractivity contribution in [2.75, 3.05) is 4.90 Å². The van der Waals surface area contributed by atoms with E-state index in [2.05, 4.69) is 189 Å². The molecule has 52 heavy (non-hydrogen) atoms. The van der Waals surface area contributed by atoms with Crippen molar-refractivity contribution in [1.82, 2.24) is 0 Å². The molecule has 1 heterocycles. The minimum Gasteiger partial charge on any atom is -0.456 e. The smallest absolute Gasteiger partial charge is 0.137 e. The molecule has 2 nitrogen and oxygen atoms in total. The Kier molecular flexibility index (Phi) is 6.77. The molecule has 0 amide bonds. The maximum Gasteiger partial charge on any atom is 0.137 e. The molecule has 2 heteroatoms. The van der Waals surface area contributed by atoms with Gasteiger partial charge in [-0.05, 0) is 109 Å². The molecule has 2 aliphatic rings. The third kappa shape index (κ3) is 4.62. The topological polar surface area (TPSA) is 16.4 Å². The molecule has 7 aromatic rings. The number of benzene rings is 6. The zero-order valence-electron chi connectivity index (χ0n) is 32.3. The number of nitrogens with zero attached hydrogens (tertiary/aromatic N) is 1. The maximum absolute atomic E-state index is 6.86. The summed E-state index contributed by atoms with van der Waals surface area (Å²) in [5.74, 6) is 0. The largest absolute Gasteiger partial charge is 0.456 e. The van der Waals surface area contributed by atoms with Crippen molar-refractivity contribution in [1.29, 1.82) is 0 Å². The molecule has 2 aliphatic carbocycles. The second kappa shape index (κ2) is 10.7. The molecule has 9 rings (SSSR count). The minimum absolute atomic E-state index is 0.00831. The lowest BCUT2D eigenvalue weighted by Crippen LogP contribution is -2.18. The summed E-state index contributed by atoms with van der Waals surface area (Å²) in [6, 6.07) is 43.4. The molecule has 0 unspecified atom stereocenters. The van der Waals surface area contributed by atoms with Gasteiger partial charge in [0.1, 0.15) is 11.2 Å². The Balaban J connectivity index is 1.35. The Morgan fingerprint density at radius 1 is 0.462 bits per heavy atom. The number of hydrogen-bond donors (Lipinski definition) is 0. The molecule has 0 saturated heterocycles. The highest BCUT2D eigenvalue weighted by atomic mass is 16.3. The number of rotatable bonds is 3. The summed E-state index contributed by atoms with van der Waals surface area (Å²) in [4.78, 5) is 2.50. The Bertz CT molecular complexity index is 2490. The number of fused-ring (bicyclic) bond motifs is 9. The lowest BCUT2D eigenvalue weighted by atomic mass is 9.78. The standard InChI is InChI=1S/C50H49NO/c1-47(2,3)30-26-41(48(4,5)6)45-44(27-30)52-43-21-15-20-42(46(43)45)51(31-22-24-35-33-16-11-13-18-37(33)49(7,8)39(35)28-31)32-23-25-36-34-17-12-14-19-38(34)50(9,10)40(36)29-32/h11-29H,1-10H3. The van der Waals surface area contributed by atoms with Gasteiger partial charge in [-0.3, -0.25) is 0 Å². The molecule has 0 bridgehead atoms. The third-order valence-electron chi connectivity index (χ3n) is 12.1. The minimum atomic E-state index is -0.119. The number of anilines is 3. The summed E-state index contributed by atoms with van der Waals surface area (Å²) < 4.78 is 6.86. The first-order valence-electron chi connectivity index (χ1n) is 18.9. The second-order valence-corrected chi connectivity index (χ2v) is 18.3. The molecule has 0 spiro atoms. The fraction of sp³-hybridized carbons (Fsp3) is 0.280. The average molecular weight is 680 g/mol. The van der Waals surface area contributed by atoms with Crippen LogP contribution in [0, 0.1) is 0 Å². The molecule has 0 atom stereocenters. The quantitative estimate of drug-likeness (QED) is 0.185. The summed E-state index contributed by atoms with van der Waals surface area (Å²) in [7, 11) is 0. The molecule has 260 valence electrons. The number of furan rings is 1. The lowest BCUT2D eigenvalue weighted by molar-refractivity contribution is 0.569. The zero-order chi connectivity index (χ0) is 36.5. The van der Waals surface area contributed by atoms with Crippen LogP contribution >= 0.6 is 0 Å². The van der Waals surface area contributed by atoms with Gasteiger partial charge in [-0.15, -0.1) is 0 Å². The first kappa shape index (κ1) is 32.8. The van der Waals surface area contributed by atoms with E-state index in [1.165, 1.54) is 61.0 Å². The first-order valence-corrected chi connectivity index (χ1v) is 18.9. The summed E-state index contributed by atoms with van der Waals surface area (Å²) in [5.41, 5.74) is 18.4. The van der Waals surface area contributed by atoms with Crippen molar-refractivity contribution in [3.63, 3.8) is 0 Å². The van der Waals surface area contributed by atoms with Gasteiger partial charge in [-0.25, -0.2) is 0 Å². The predicted molar refractivity (Wildman–Crippen MR) is 221 cm³/mol. The molecule has 6 aromatic carbocycles. The van der Waals surface area contributed by atoms with Crippen LogP contribution in [0.5, 0.6) is 0 Å². The number of hydrogen-bond acceptors (Lipinski definition) is 2. The maximum atomic E-state index is 6.86. The van der Waals surface area contributed by atoms with Gasteiger partial charge in [-0.1, -0.05) is 142 Å². The van der Waals surface area contributed by atoms with Crippen molar-refractivity contribution in [3.8, 4) is 22.3 Å². The third-order valence-corrected chi connectivity index (χ3v) is 12.1. The van der Waals surface area contributed by atoms with Crippen LogP contribution in [0.4, 0.5) is 17.1 Å². The van der Waals surface area contributed by atoms with Crippen molar-refractivity contribution in [2.45, 2.75) is 90.9 Å². The second-order valence-electron chi connectivity index (χ2n) is 18.3. The molecule has 0 saturated carbocycles. The van der Waals surface area contributed by atoms with Gasteiger partial charge in [0, 0.05) is 27.6 Å². The van der Waals surface area contributed by atoms with E-state index in [0.29, 0.717) is 0 Å². The van der Waals surface area contributed by atoms with E-state index in [4.69, 9.17) is 4.42 Å². The molecule has 0 fully saturated rings. The van der Waals surface area contributed by atoms with Gasteiger partial charge < -0.3 is 9.32 Å². The lowest BCUT2D eigenvalue weighted by Gasteiger charge is -2.30. The summed E-state index contributed by atoms with van der Waals surface area (Å²) >= 11 is 0. The fourth-order valence-corrected chi connectivity index (χ4v) is 9.23. The van der Waals surface area contributed by atoms with Gasteiger partial charge in [0.05, 0.1) is 11.1 Å². The van der Waals surface area contributed by atoms with E-state index in [1.54, 1.807) is 0 Å². The highest BCUT2D eigenvalue weighted by Crippen LogP contribution is 2.54. The van der Waals surface area contributed by atoms with Crippen LogP contribution in [-0.2, 0) is 21.7 Å². The van der Waals surface area contributed by atoms with Gasteiger partial charge in [0.2, 0.25) is 0 Å². The van der Waals surface area contributed by atoms with E-state index < -0.39 is 0 Å². The van der Waals surface area contributed by atoms with Crippen LogP contribution in [0.2, 0.25) is 0 Å². The Morgan fingerprint density at radius 3 is 1.50 bits per heavy atom. The SMILES string of the molecule is CC(C)(C)c1cc(C(C)(C)C)c2c(c1)oc1cccc(N(c3ccc4c(c3)C(C)(C)c3ccccc3-4)c3ccc4c(c3)C(C)(C)c3ccccc3-4)c12. The predicted octanol–water partition coefficient (Wildman–Crippen LogP) is 14.3. The molecule has 0 aliphatic heterocycles. The molecular weight excluding hydrogens is 631 g/mol. The fourth-order valence-electron chi connectivity index (χ4n) is 9.23. The zero-order valence-corrected chi connectivity index (χ0v) is 32.3. The van der Waals surface area contributed by atoms with Crippen molar-refractivity contribution in [3.05, 3.63) is 149 Å². The van der Waals surface area contributed by atoms with Crippen LogP contribution in [0.15, 0.2) is 120 Å². The van der Waals surface area contributed by atoms with Crippen molar-refractivity contribution >= 4 is 39.0 Å². The van der Waals surface area contributed by atoms with Crippen LogP contribution < -0.4 is 4.90 Å². The van der Waals surface area contributed by atoms with E-state index in [1.807, 2.05) is 0 Å². The van der Waals surface area contributed by atoms with Crippen LogP contribution in [0.25, 0.3) is 44.2 Å². The molecular formula is C50H49NO. The van der Waals surface area contributed by atoms with E-state index in [0.717, 1.165) is 33.6 Å². The van der Waals surface area contributed by atoms with Gasteiger partial charge in [0.25, 0.3) is 0 Å². The van der Waals surface area contributed by atoms with Crippen LogP contribution in [-0.4, -0.2) is 0 Å². The van der Waals surface area contributed by atoms with Crippen LogP contribution in [0.1, 0.15) is 103 Å². The summed E-state index contributed by atoms with van der Waals surface area (Å²) in [5, 5.41) is 2.37. The Labute approximate surface area is 309 Å². The molecule has 0 N–H and O–H groups in total. The van der Waals surface area contributed by atoms with Gasteiger partial charge in [0.15, 0.2) is 0 Å². The van der Waals surface area contributed by atoms with Crippen molar-refractivity contribution in [2.24, 2.45) is 0 Å². The van der Waals surface area contributed by atoms with Gasteiger partial charge >= 0.3 is 0 Å². The van der Waals surface area contributed by atoms with E-state index in [9.17, 15) is 0 Å². The highest BCUT2D eigenvalue weighted by Gasteiger charge is 2.38.